The largest absolute Gasteiger partial charge is 0.484 e. The molecule has 1 fully saturated rings. The van der Waals surface area contributed by atoms with Gasteiger partial charge in [-0.25, -0.2) is 0 Å². The predicted octanol–water partition coefficient (Wildman–Crippen LogP) is 2.77. The zero-order valence-electron chi connectivity index (χ0n) is 14.1. The van der Waals surface area contributed by atoms with E-state index in [9.17, 15) is 10.1 Å². The SMILES string of the molecule is Cc1nc(-c2ccc(OCC(=O)NC3(C#N)CCCCC3)cc2)no1. The van der Waals surface area contributed by atoms with Gasteiger partial charge in [-0.15, -0.1) is 0 Å². The number of aryl methyl sites for hydroxylation is 1. The molecule has 7 nitrogen and oxygen atoms in total. The number of nitrogens with one attached hydrogen (secondary N) is 1. The summed E-state index contributed by atoms with van der Waals surface area (Å²) < 4.78 is 10.5. The van der Waals surface area contributed by atoms with Gasteiger partial charge in [-0.2, -0.15) is 10.2 Å². The average Bonchev–Trinajstić information content (AvgIpc) is 3.07. The monoisotopic (exact) mass is 340 g/mol. The molecule has 0 aliphatic heterocycles. The molecule has 1 aliphatic carbocycles. The lowest BCUT2D eigenvalue weighted by Gasteiger charge is -2.31. The van der Waals surface area contributed by atoms with E-state index in [2.05, 4.69) is 21.5 Å². The van der Waals surface area contributed by atoms with Gasteiger partial charge in [0.15, 0.2) is 6.61 Å². The standard InChI is InChI=1S/C18H20N4O3/c1-13-20-17(22-25-13)14-5-7-15(8-6-14)24-11-16(23)21-18(12-19)9-3-2-4-10-18/h5-8H,2-4,9-11H2,1H3,(H,21,23). The Morgan fingerprint density at radius 1 is 1.32 bits per heavy atom. The Morgan fingerprint density at radius 3 is 2.64 bits per heavy atom. The smallest absolute Gasteiger partial charge is 0.259 e. The summed E-state index contributed by atoms with van der Waals surface area (Å²) in [6.45, 7) is 1.61. The van der Waals surface area contributed by atoms with Gasteiger partial charge in [0.25, 0.3) is 5.91 Å². The molecule has 25 heavy (non-hydrogen) atoms. The van der Waals surface area contributed by atoms with Crippen molar-refractivity contribution in [3.63, 3.8) is 0 Å². The van der Waals surface area contributed by atoms with E-state index in [0.29, 0.717) is 30.3 Å². The van der Waals surface area contributed by atoms with Crippen LogP contribution in [-0.4, -0.2) is 28.2 Å². The number of hydrogen-bond acceptors (Lipinski definition) is 6. The molecule has 7 heteroatoms. The third kappa shape index (κ3) is 4.15. The number of nitrogens with zero attached hydrogens (tertiary/aromatic N) is 3. The molecular formula is C18H20N4O3. The van der Waals surface area contributed by atoms with Gasteiger partial charge in [0.1, 0.15) is 11.3 Å². The molecule has 1 aromatic heterocycles. The molecule has 0 bridgehead atoms. The van der Waals surface area contributed by atoms with Crippen molar-refractivity contribution >= 4 is 5.91 Å². The van der Waals surface area contributed by atoms with Crippen LogP contribution in [0.2, 0.25) is 0 Å². The van der Waals surface area contributed by atoms with Gasteiger partial charge in [-0.3, -0.25) is 4.79 Å². The van der Waals surface area contributed by atoms with Crippen molar-refractivity contribution in [2.75, 3.05) is 6.61 Å². The van der Waals surface area contributed by atoms with E-state index in [-0.39, 0.29) is 12.5 Å². The molecule has 1 heterocycles. The third-order valence-electron chi connectivity index (χ3n) is 4.31. The van der Waals surface area contributed by atoms with Crippen molar-refractivity contribution in [3.05, 3.63) is 30.2 Å². The summed E-state index contributed by atoms with van der Waals surface area (Å²) in [6, 6.07) is 9.36. The number of rotatable bonds is 5. The summed E-state index contributed by atoms with van der Waals surface area (Å²) in [5, 5.41) is 16.1. The minimum atomic E-state index is -0.737. The second-order valence-corrected chi connectivity index (χ2v) is 6.25. The molecule has 3 rings (SSSR count). The van der Waals surface area contributed by atoms with Gasteiger partial charge >= 0.3 is 0 Å². The molecule has 1 N–H and O–H groups in total. The Bertz CT molecular complexity index is 770. The normalized spacial score (nSPS) is 16.0. The van der Waals surface area contributed by atoms with Crippen LogP contribution in [0.3, 0.4) is 0 Å². The van der Waals surface area contributed by atoms with Crippen LogP contribution in [0, 0.1) is 18.3 Å². The molecule has 0 atom stereocenters. The van der Waals surface area contributed by atoms with Gasteiger partial charge < -0.3 is 14.6 Å². The third-order valence-corrected chi connectivity index (χ3v) is 4.31. The molecule has 1 aliphatic rings. The van der Waals surface area contributed by atoms with E-state index in [1.165, 1.54) is 0 Å². The molecule has 1 amide bonds. The Morgan fingerprint density at radius 2 is 2.04 bits per heavy atom. The van der Waals surface area contributed by atoms with Gasteiger partial charge in [-0.1, -0.05) is 24.4 Å². The first-order chi connectivity index (χ1) is 12.1. The van der Waals surface area contributed by atoms with Crippen molar-refractivity contribution in [2.45, 2.75) is 44.6 Å². The first-order valence-electron chi connectivity index (χ1n) is 8.36. The summed E-state index contributed by atoms with van der Waals surface area (Å²) in [6.07, 6.45) is 4.45. The Balaban J connectivity index is 1.54. The Labute approximate surface area is 146 Å². The minimum Gasteiger partial charge on any atom is -0.484 e. The Kier molecular flexibility index (Phi) is 4.98. The van der Waals surface area contributed by atoms with Gasteiger partial charge in [0.05, 0.1) is 6.07 Å². The van der Waals surface area contributed by atoms with E-state index < -0.39 is 5.54 Å². The van der Waals surface area contributed by atoms with Crippen molar-refractivity contribution in [3.8, 4) is 23.2 Å². The topological polar surface area (TPSA) is 101 Å². The summed E-state index contributed by atoms with van der Waals surface area (Å²) in [7, 11) is 0. The van der Waals surface area contributed by atoms with Crippen LogP contribution in [0.5, 0.6) is 5.75 Å². The van der Waals surface area contributed by atoms with E-state index in [1.807, 2.05) is 0 Å². The highest BCUT2D eigenvalue weighted by molar-refractivity contribution is 5.79. The second-order valence-electron chi connectivity index (χ2n) is 6.25. The summed E-state index contributed by atoms with van der Waals surface area (Å²) in [5.74, 6) is 1.30. The number of amides is 1. The molecule has 1 aromatic carbocycles. The number of ether oxygens (including phenoxy) is 1. The minimum absolute atomic E-state index is 0.121. The number of aromatic nitrogens is 2. The fourth-order valence-corrected chi connectivity index (χ4v) is 2.99. The maximum absolute atomic E-state index is 12.1. The number of carbonyl (C=O) groups excluding carboxylic acids is 1. The van der Waals surface area contributed by atoms with E-state index in [1.54, 1.807) is 31.2 Å². The number of hydrogen-bond donors (Lipinski definition) is 1. The van der Waals surface area contributed by atoms with E-state index in [4.69, 9.17) is 9.26 Å². The lowest BCUT2D eigenvalue weighted by Crippen LogP contribution is -2.50. The molecule has 2 aromatic rings. The summed E-state index contributed by atoms with van der Waals surface area (Å²) in [5.41, 5.74) is 0.0678. The Hall–Kier alpha value is -2.88. The molecule has 0 radical (unpaired) electrons. The van der Waals surface area contributed by atoms with Crippen molar-refractivity contribution in [1.29, 1.82) is 5.26 Å². The van der Waals surface area contributed by atoms with Gasteiger partial charge in [-0.05, 0) is 37.1 Å². The lowest BCUT2D eigenvalue weighted by molar-refractivity contribution is -0.124. The van der Waals surface area contributed by atoms with Crippen LogP contribution < -0.4 is 10.1 Å². The molecular weight excluding hydrogens is 320 g/mol. The fraction of sp³-hybridized carbons (Fsp3) is 0.444. The highest BCUT2D eigenvalue weighted by Gasteiger charge is 2.33. The average molecular weight is 340 g/mol. The molecule has 1 saturated carbocycles. The van der Waals surface area contributed by atoms with Crippen molar-refractivity contribution in [1.82, 2.24) is 15.5 Å². The van der Waals surface area contributed by atoms with Crippen molar-refractivity contribution < 1.29 is 14.1 Å². The maximum Gasteiger partial charge on any atom is 0.259 e. The zero-order chi connectivity index (χ0) is 17.7. The molecule has 0 spiro atoms. The van der Waals surface area contributed by atoms with E-state index >= 15 is 0 Å². The molecule has 0 unspecified atom stereocenters. The fourth-order valence-electron chi connectivity index (χ4n) is 2.99. The van der Waals surface area contributed by atoms with Crippen LogP contribution in [0.25, 0.3) is 11.4 Å². The molecule has 130 valence electrons. The molecule has 0 saturated heterocycles. The second kappa shape index (κ2) is 7.34. The maximum atomic E-state index is 12.1. The van der Waals surface area contributed by atoms with Crippen LogP contribution in [0.4, 0.5) is 0 Å². The lowest BCUT2D eigenvalue weighted by atomic mass is 9.83. The first-order valence-corrected chi connectivity index (χ1v) is 8.36. The number of nitriles is 1. The predicted molar refractivity (Wildman–Crippen MR) is 89.5 cm³/mol. The number of benzene rings is 1. The summed E-state index contributed by atoms with van der Waals surface area (Å²) in [4.78, 5) is 16.3. The van der Waals surface area contributed by atoms with E-state index in [0.717, 1.165) is 24.8 Å². The van der Waals surface area contributed by atoms with Crippen LogP contribution in [-0.2, 0) is 4.79 Å². The van der Waals surface area contributed by atoms with Gasteiger partial charge in [0.2, 0.25) is 11.7 Å². The number of carbonyl (C=O) groups is 1. The quantitative estimate of drug-likeness (QED) is 0.898. The zero-order valence-corrected chi connectivity index (χ0v) is 14.1. The van der Waals surface area contributed by atoms with Crippen LogP contribution in [0.1, 0.15) is 38.0 Å². The van der Waals surface area contributed by atoms with Crippen molar-refractivity contribution in [2.24, 2.45) is 0 Å². The van der Waals surface area contributed by atoms with Crippen LogP contribution >= 0.6 is 0 Å². The summed E-state index contributed by atoms with van der Waals surface area (Å²) >= 11 is 0. The van der Waals surface area contributed by atoms with Crippen LogP contribution in [0.15, 0.2) is 28.8 Å². The first kappa shape index (κ1) is 17.0. The highest BCUT2D eigenvalue weighted by atomic mass is 16.5. The highest BCUT2D eigenvalue weighted by Crippen LogP contribution is 2.27. The van der Waals surface area contributed by atoms with Gasteiger partial charge in [0, 0.05) is 12.5 Å².